The fourth-order valence-corrected chi connectivity index (χ4v) is 3.16. The normalized spacial score (nSPS) is 19.4. The van der Waals surface area contributed by atoms with Gasteiger partial charge in [0.25, 0.3) is 0 Å². The monoisotopic (exact) mass is 267 g/mol. The molecular weight excluding hydrogens is 246 g/mol. The summed E-state index contributed by atoms with van der Waals surface area (Å²) in [5.74, 6) is 0.868. The Morgan fingerprint density at radius 1 is 1.05 bits per heavy atom. The summed E-state index contributed by atoms with van der Waals surface area (Å²) in [5.41, 5.74) is 10.6. The molecule has 1 aliphatic rings. The molecule has 0 aliphatic heterocycles. The van der Waals surface area contributed by atoms with Gasteiger partial charge in [-0.25, -0.2) is 0 Å². The van der Waals surface area contributed by atoms with E-state index in [2.05, 4.69) is 24.3 Å². The Morgan fingerprint density at radius 3 is 2.50 bits per heavy atom. The summed E-state index contributed by atoms with van der Waals surface area (Å²) in [5, 5.41) is 9.32. The molecule has 2 aromatic rings. The van der Waals surface area contributed by atoms with Crippen molar-refractivity contribution in [2.45, 2.75) is 31.7 Å². The van der Waals surface area contributed by atoms with Gasteiger partial charge in [0.15, 0.2) is 0 Å². The highest BCUT2D eigenvalue weighted by atomic mass is 16.3. The Kier molecular flexibility index (Phi) is 3.75. The summed E-state index contributed by atoms with van der Waals surface area (Å²) in [6, 6.07) is 16.3. The highest BCUT2D eigenvalue weighted by molar-refractivity contribution is 5.30. The Labute approximate surface area is 120 Å². The number of benzene rings is 2. The van der Waals surface area contributed by atoms with Gasteiger partial charge < -0.3 is 10.8 Å². The topological polar surface area (TPSA) is 46.2 Å². The van der Waals surface area contributed by atoms with E-state index in [4.69, 9.17) is 5.73 Å². The van der Waals surface area contributed by atoms with Crippen LogP contribution in [0.5, 0.6) is 5.75 Å². The molecule has 20 heavy (non-hydrogen) atoms. The molecule has 2 heteroatoms. The molecule has 0 amide bonds. The Balaban J connectivity index is 1.67. The van der Waals surface area contributed by atoms with Crippen LogP contribution in [0.4, 0.5) is 0 Å². The van der Waals surface area contributed by atoms with E-state index in [-0.39, 0.29) is 6.04 Å². The third-order valence-electron chi connectivity index (χ3n) is 4.40. The summed E-state index contributed by atoms with van der Waals surface area (Å²) >= 11 is 0. The van der Waals surface area contributed by atoms with Crippen LogP contribution < -0.4 is 5.73 Å². The average Bonchev–Trinajstić information content (AvgIpc) is 2.49. The highest BCUT2D eigenvalue weighted by Crippen LogP contribution is 2.28. The van der Waals surface area contributed by atoms with Crippen LogP contribution in [0.15, 0.2) is 48.5 Å². The van der Waals surface area contributed by atoms with Crippen molar-refractivity contribution in [3.63, 3.8) is 0 Å². The molecule has 0 saturated carbocycles. The minimum Gasteiger partial charge on any atom is -0.508 e. The quantitative estimate of drug-likeness (QED) is 0.897. The first-order chi connectivity index (χ1) is 9.72. The minimum atomic E-state index is 0.188. The molecular formula is C18H21NO. The number of phenols is 1. The first-order valence-electron chi connectivity index (χ1n) is 7.32. The van der Waals surface area contributed by atoms with Crippen LogP contribution in [0.3, 0.4) is 0 Å². The van der Waals surface area contributed by atoms with E-state index >= 15 is 0 Å². The van der Waals surface area contributed by atoms with Crippen LogP contribution in [0.1, 0.15) is 23.1 Å². The molecule has 104 valence electrons. The predicted octanol–water partition coefficient (Wildman–Crippen LogP) is 3.07. The molecule has 3 N–H and O–H groups in total. The van der Waals surface area contributed by atoms with Crippen LogP contribution in [0.25, 0.3) is 0 Å². The van der Waals surface area contributed by atoms with E-state index in [1.165, 1.54) is 23.1 Å². The number of hydrogen-bond donors (Lipinski definition) is 2. The number of hydrogen-bond acceptors (Lipinski definition) is 2. The van der Waals surface area contributed by atoms with Gasteiger partial charge in [0.1, 0.15) is 5.75 Å². The summed E-state index contributed by atoms with van der Waals surface area (Å²) in [4.78, 5) is 0. The molecule has 3 rings (SSSR count). The average molecular weight is 267 g/mol. The van der Waals surface area contributed by atoms with Gasteiger partial charge in [-0.15, -0.1) is 0 Å². The number of phenolic OH excluding ortho intramolecular Hbond substituents is 1. The minimum absolute atomic E-state index is 0.188. The second kappa shape index (κ2) is 5.68. The van der Waals surface area contributed by atoms with Crippen LogP contribution in [-0.2, 0) is 19.3 Å². The molecule has 0 saturated heterocycles. The van der Waals surface area contributed by atoms with Gasteiger partial charge in [-0.05, 0) is 60.4 Å². The van der Waals surface area contributed by atoms with E-state index in [0.717, 1.165) is 19.3 Å². The lowest BCUT2D eigenvalue weighted by Gasteiger charge is -2.29. The zero-order valence-corrected chi connectivity index (χ0v) is 11.6. The van der Waals surface area contributed by atoms with E-state index < -0.39 is 0 Å². The van der Waals surface area contributed by atoms with E-state index in [0.29, 0.717) is 11.7 Å². The van der Waals surface area contributed by atoms with E-state index in [1.807, 2.05) is 12.1 Å². The summed E-state index contributed by atoms with van der Waals surface area (Å²) in [6.45, 7) is 0. The van der Waals surface area contributed by atoms with Crippen molar-refractivity contribution < 1.29 is 5.11 Å². The largest absolute Gasteiger partial charge is 0.508 e. The number of aromatic hydroxyl groups is 1. The molecule has 0 spiro atoms. The second-order valence-electron chi connectivity index (χ2n) is 5.81. The van der Waals surface area contributed by atoms with Gasteiger partial charge in [-0.3, -0.25) is 0 Å². The maximum Gasteiger partial charge on any atom is 0.115 e. The van der Waals surface area contributed by atoms with Crippen molar-refractivity contribution in [2.75, 3.05) is 0 Å². The van der Waals surface area contributed by atoms with Crippen molar-refractivity contribution in [1.29, 1.82) is 0 Å². The summed E-state index contributed by atoms with van der Waals surface area (Å²) in [7, 11) is 0. The van der Waals surface area contributed by atoms with Crippen molar-refractivity contribution in [3.05, 3.63) is 65.2 Å². The molecule has 0 radical (unpaired) electrons. The lowest BCUT2D eigenvalue weighted by molar-refractivity contribution is 0.372. The molecule has 2 nitrogen and oxygen atoms in total. The number of nitrogens with two attached hydrogens (primary N) is 1. The zero-order chi connectivity index (χ0) is 13.9. The highest BCUT2D eigenvalue weighted by Gasteiger charge is 2.23. The molecule has 2 aromatic carbocycles. The fourth-order valence-electron chi connectivity index (χ4n) is 3.16. The lowest BCUT2D eigenvalue weighted by Crippen LogP contribution is -2.35. The number of rotatable bonds is 3. The second-order valence-corrected chi connectivity index (χ2v) is 5.81. The van der Waals surface area contributed by atoms with Gasteiger partial charge in [0.05, 0.1) is 0 Å². The summed E-state index contributed by atoms with van der Waals surface area (Å²) < 4.78 is 0. The van der Waals surface area contributed by atoms with Crippen molar-refractivity contribution in [2.24, 2.45) is 11.7 Å². The van der Waals surface area contributed by atoms with E-state index in [9.17, 15) is 5.11 Å². The Hall–Kier alpha value is -1.80. The predicted molar refractivity (Wildman–Crippen MR) is 81.7 cm³/mol. The van der Waals surface area contributed by atoms with Gasteiger partial charge in [-0.1, -0.05) is 36.4 Å². The summed E-state index contributed by atoms with van der Waals surface area (Å²) in [6.07, 6.45) is 4.29. The smallest absolute Gasteiger partial charge is 0.115 e. The number of fused-ring (bicyclic) bond motifs is 1. The third-order valence-corrected chi connectivity index (χ3v) is 4.40. The Bertz CT molecular complexity index is 576. The van der Waals surface area contributed by atoms with Gasteiger partial charge in [0.2, 0.25) is 0 Å². The fraction of sp³-hybridized carbons (Fsp3) is 0.333. The molecule has 1 aliphatic carbocycles. The Morgan fingerprint density at radius 2 is 1.75 bits per heavy atom. The van der Waals surface area contributed by atoms with E-state index in [1.54, 1.807) is 12.1 Å². The van der Waals surface area contributed by atoms with Crippen LogP contribution in [0, 0.1) is 5.92 Å². The first-order valence-corrected chi connectivity index (χ1v) is 7.32. The van der Waals surface area contributed by atoms with Crippen LogP contribution in [0.2, 0.25) is 0 Å². The number of aryl methyl sites for hydroxylation is 1. The van der Waals surface area contributed by atoms with Gasteiger partial charge >= 0.3 is 0 Å². The molecule has 2 atom stereocenters. The SMILES string of the molecule is NC(Cc1ccc(O)cc1)C1CCc2ccccc2C1. The molecule has 0 aromatic heterocycles. The molecule has 0 fully saturated rings. The third kappa shape index (κ3) is 2.86. The first kappa shape index (κ1) is 13.2. The molecule has 2 unspecified atom stereocenters. The molecule has 0 heterocycles. The van der Waals surface area contributed by atoms with Crippen molar-refractivity contribution >= 4 is 0 Å². The zero-order valence-electron chi connectivity index (χ0n) is 11.6. The standard InChI is InChI=1S/C18H21NO/c19-18(11-13-5-9-17(20)10-6-13)16-8-7-14-3-1-2-4-15(14)12-16/h1-6,9-10,16,18,20H,7-8,11-12,19H2. The molecule has 0 bridgehead atoms. The van der Waals surface area contributed by atoms with Gasteiger partial charge in [0, 0.05) is 6.04 Å². The van der Waals surface area contributed by atoms with Crippen molar-refractivity contribution in [3.8, 4) is 5.75 Å². The lowest BCUT2D eigenvalue weighted by atomic mass is 9.79. The van der Waals surface area contributed by atoms with Crippen molar-refractivity contribution in [1.82, 2.24) is 0 Å². The van der Waals surface area contributed by atoms with Crippen LogP contribution in [-0.4, -0.2) is 11.1 Å². The van der Waals surface area contributed by atoms with Crippen LogP contribution >= 0.6 is 0 Å². The maximum atomic E-state index is 9.32. The maximum absolute atomic E-state index is 9.32. The van der Waals surface area contributed by atoms with Gasteiger partial charge in [-0.2, -0.15) is 0 Å².